The molecule has 7 heteroatoms. The monoisotopic (exact) mass is 306 g/mol. The number of benzene rings is 1. The van der Waals surface area contributed by atoms with Gasteiger partial charge in [0.1, 0.15) is 11.5 Å². The van der Waals surface area contributed by atoms with Gasteiger partial charge >= 0.3 is 0 Å². The van der Waals surface area contributed by atoms with Gasteiger partial charge in [0.05, 0.1) is 19.8 Å². The molecule has 1 amide bonds. The summed E-state index contributed by atoms with van der Waals surface area (Å²) in [6.45, 7) is 4.08. The van der Waals surface area contributed by atoms with Gasteiger partial charge in [-0.3, -0.25) is 10.0 Å². The van der Waals surface area contributed by atoms with E-state index in [1.54, 1.807) is 13.2 Å². The van der Waals surface area contributed by atoms with E-state index in [0.29, 0.717) is 22.8 Å². The third-order valence-electron chi connectivity index (χ3n) is 3.28. The molecular formula is C15H18N2O5. The molecule has 0 unspecified atom stereocenters. The molecule has 2 rings (SSSR count). The lowest BCUT2D eigenvalue weighted by atomic mass is 9.97. The smallest absolute Gasteiger partial charge is 0.296 e. The molecule has 2 aromatic rings. The van der Waals surface area contributed by atoms with Gasteiger partial charge in [-0.1, -0.05) is 19.0 Å². The van der Waals surface area contributed by atoms with Crippen LogP contribution >= 0.6 is 0 Å². The highest BCUT2D eigenvalue weighted by Gasteiger charge is 2.19. The van der Waals surface area contributed by atoms with Gasteiger partial charge in [-0.15, -0.1) is 0 Å². The fourth-order valence-corrected chi connectivity index (χ4v) is 2.13. The van der Waals surface area contributed by atoms with Crippen molar-refractivity contribution in [3.8, 4) is 22.8 Å². The zero-order valence-corrected chi connectivity index (χ0v) is 12.8. The van der Waals surface area contributed by atoms with Gasteiger partial charge in [-0.05, 0) is 17.5 Å². The van der Waals surface area contributed by atoms with Crippen LogP contribution in [0.2, 0.25) is 0 Å². The Bertz CT molecular complexity index is 679. The second kappa shape index (κ2) is 6.48. The summed E-state index contributed by atoms with van der Waals surface area (Å²) in [6, 6.07) is 5.07. The normalized spacial score (nSPS) is 10.6. The first-order chi connectivity index (χ1) is 10.5. The molecule has 1 heterocycles. The van der Waals surface area contributed by atoms with Crippen molar-refractivity contribution in [2.45, 2.75) is 19.8 Å². The van der Waals surface area contributed by atoms with Crippen molar-refractivity contribution < 1.29 is 24.0 Å². The minimum atomic E-state index is -0.744. The number of aromatic nitrogens is 1. The predicted octanol–water partition coefficient (Wildman–Crippen LogP) is 2.60. The Hall–Kier alpha value is -2.54. The van der Waals surface area contributed by atoms with Gasteiger partial charge in [0.15, 0.2) is 11.5 Å². The highest BCUT2D eigenvalue weighted by Crippen LogP contribution is 2.39. The zero-order valence-electron chi connectivity index (χ0n) is 12.8. The van der Waals surface area contributed by atoms with Crippen LogP contribution in [0.15, 0.2) is 22.7 Å². The van der Waals surface area contributed by atoms with Crippen LogP contribution in [0.25, 0.3) is 11.3 Å². The van der Waals surface area contributed by atoms with E-state index in [0.717, 1.165) is 5.56 Å². The van der Waals surface area contributed by atoms with Crippen LogP contribution in [0.3, 0.4) is 0 Å². The van der Waals surface area contributed by atoms with Gasteiger partial charge < -0.3 is 14.0 Å². The molecule has 1 aromatic heterocycles. The third-order valence-corrected chi connectivity index (χ3v) is 3.28. The fourth-order valence-electron chi connectivity index (χ4n) is 2.13. The fraction of sp³-hybridized carbons (Fsp3) is 0.333. The predicted molar refractivity (Wildman–Crippen MR) is 78.4 cm³/mol. The highest BCUT2D eigenvalue weighted by molar-refractivity contribution is 5.92. The Labute approximate surface area is 127 Å². The number of hydrogen-bond acceptors (Lipinski definition) is 6. The maximum absolute atomic E-state index is 11.4. The van der Waals surface area contributed by atoms with Crippen LogP contribution in [0.1, 0.15) is 35.8 Å². The average molecular weight is 306 g/mol. The van der Waals surface area contributed by atoms with E-state index in [2.05, 4.69) is 5.16 Å². The molecule has 0 spiro atoms. The van der Waals surface area contributed by atoms with Crippen LogP contribution in [0, 0.1) is 0 Å². The average Bonchev–Trinajstić information content (AvgIpc) is 3.02. The van der Waals surface area contributed by atoms with Crippen molar-refractivity contribution in [3.63, 3.8) is 0 Å². The van der Waals surface area contributed by atoms with Crippen molar-refractivity contribution >= 4 is 5.91 Å². The van der Waals surface area contributed by atoms with Crippen LogP contribution in [-0.2, 0) is 0 Å². The Kier molecular flexibility index (Phi) is 4.67. The number of methoxy groups -OCH3 is 2. The summed E-state index contributed by atoms with van der Waals surface area (Å²) in [7, 11) is 3.13. The van der Waals surface area contributed by atoms with E-state index in [1.165, 1.54) is 18.7 Å². The first-order valence-electron chi connectivity index (χ1n) is 6.69. The standard InChI is InChI=1S/C15H18N2O5/c1-8(2)9-5-10(13(21-4)7-12(9)20-3)14-6-11(17-22-14)15(18)16-19/h5-8,19H,1-4H3,(H,16,18). The van der Waals surface area contributed by atoms with Crippen molar-refractivity contribution in [1.82, 2.24) is 10.6 Å². The van der Waals surface area contributed by atoms with Crippen molar-refractivity contribution in [2.75, 3.05) is 14.2 Å². The molecule has 22 heavy (non-hydrogen) atoms. The summed E-state index contributed by atoms with van der Waals surface area (Å²) in [6.07, 6.45) is 0. The highest BCUT2D eigenvalue weighted by atomic mass is 16.5. The Morgan fingerprint density at radius 2 is 1.91 bits per heavy atom. The summed E-state index contributed by atoms with van der Waals surface area (Å²) < 4.78 is 15.9. The Morgan fingerprint density at radius 3 is 2.45 bits per heavy atom. The van der Waals surface area contributed by atoms with Crippen LogP contribution < -0.4 is 15.0 Å². The second-order valence-electron chi connectivity index (χ2n) is 4.97. The first kappa shape index (κ1) is 15.8. The maximum atomic E-state index is 11.4. The first-order valence-corrected chi connectivity index (χ1v) is 6.69. The number of hydrogen-bond donors (Lipinski definition) is 2. The summed E-state index contributed by atoms with van der Waals surface area (Å²) in [5.74, 6) is 1.09. The molecule has 0 radical (unpaired) electrons. The van der Waals surface area contributed by atoms with Gasteiger partial charge in [0.25, 0.3) is 5.91 Å². The molecule has 2 N–H and O–H groups in total. The number of nitrogens with zero attached hydrogens (tertiary/aromatic N) is 1. The molecule has 7 nitrogen and oxygen atoms in total. The van der Waals surface area contributed by atoms with Crippen molar-refractivity contribution in [1.29, 1.82) is 0 Å². The number of hydroxylamine groups is 1. The number of amides is 1. The summed E-state index contributed by atoms with van der Waals surface area (Å²) >= 11 is 0. The number of carbonyl (C=O) groups excluding carboxylic acids is 1. The summed E-state index contributed by atoms with van der Waals surface area (Å²) in [4.78, 5) is 11.4. The number of nitrogens with one attached hydrogen (secondary N) is 1. The maximum Gasteiger partial charge on any atom is 0.296 e. The van der Waals surface area contributed by atoms with E-state index in [4.69, 9.17) is 19.2 Å². The number of rotatable bonds is 5. The van der Waals surface area contributed by atoms with E-state index in [1.807, 2.05) is 19.9 Å². The molecule has 0 aliphatic rings. The van der Waals surface area contributed by atoms with E-state index in [9.17, 15) is 4.79 Å². The largest absolute Gasteiger partial charge is 0.496 e. The van der Waals surface area contributed by atoms with Crippen LogP contribution in [0.4, 0.5) is 0 Å². The van der Waals surface area contributed by atoms with E-state index in [-0.39, 0.29) is 11.6 Å². The third kappa shape index (κ3) is 2.89. The summed E-state index contributed by atoms with van der Waals surface area (Å²) in [5.41, 5.74) is 3.11. The van der Waals surface area contributed by atoms with Crippen molar-refractivity contribution in [3.05, 3.63) is 29.5 Å². The van der Waals surface area contributed by atoms with E-state index < -0.39 is 5.91 Å². The lowest BCUT2D eigenvalue weighted by Gasteiger charge is -2.15. The number of ether oxygens (including phenoxy) is 2. The molecule has 1 aromatic carbocycles. The van der Waals surface area contributed by atoms with Gasteiger partial charge in [0.2, 0.25) is 0 Å². The molecule has 0 saturated carbocycles. The molecular weight excluding hydrogens is 288 g/mol. The van der Waals surface area contributed by atoms with Crippen LogP contribution in [0.5, 0.6) is 11.5 Å². The minimum absolute atomic E-state index is 0.0264. The molecule has 0 atom stereocenters. The molecule has 0 fully saturated rings. The second-order valence-corrected chi connectivity index (χ2v) is 4.97. The van der Waals surface area contributed by atoms with Crippen molar-refractivity contribution in [2.24, 2.45) is 0 Å². The molecule has 0 saturated heterocycles. The zero-order chi connectivity index (χ0) is 16.3. The molecule has 0 aliphatic heterocycles. The minimum Gasteiger partial charge on any atom is -0.496 e. The van der Waals surface area contributed by atoms with Gasteiger partial charge in [-0.25, -0.2) is 5.48 Å². The molecule has 118 valence electrons. The Balaban J connectivity index is 2.56. The lowest BCUT2D eigenvalue weighted by Crippen LogP contribution is -2.18. The van der Waals surface area contributed by atoms with Gasteiger partial charge in [0, 0.05) is 12.1 Å². The lowest BCUT2D eigenvalue weighted by molar-refractivity contribution is 0.0696. The quantitative estimate of drug-likeness (QED) is 0.651. The number of carbonyl (C=O) groups is 1. The molecule has 0 bridgehead atoms. The topological polar surface area (TPSA) is 93.8 Å². The Morgan fingerprint density at radius 1 is 1.23 bits per heavy atom. The SMILES string of the molecule is COc1cc(OC)c(C(C)C)cc1-c1cc(C(=O)NO)no1. The van der Waals surface area contributed by atoms with Gasteiger partial charge in [-0.2, -0.15) is 0 Å². The van der Waals surface area contributed by atoms with Crippen LogP contribution in [-0.4, -0.2) is 30.5 Å². The molecule has 0 aliphatic carbocycles. The van der Waals surface area contributed by atoms with E-state index >= 15 is 0 Å². The summed E-state index contributed by atoms with van der Waals surface area (Å²) in [5, 5.41) is 12.3.